The van der Waals surface area contributed by atoms with Crippen LogP contribution in [-0.4, -0.2) is 19.7 Å². The molecule has 0 unspecified atom stereocenters. The van der Waals surface area contributed by atoms with Gasteiger partial charge in [0.2, 0.25) is 0 Å². The molecule has 2 heterocycles. The van der Waals surface area contributed by atoms with Gasteiger partial charge in [0.15, 0.2) is 11.0 Å². The second kappa shape index (κ2) is 8.16. The summed E-state index contributed by atoms with van der Waals surface area (Å²) in [5, 5.41) is 4.78. The van der Waals surface area contributed by atoms with E-state index in [4.69, 9.17) is 4.52 Å². The van der Waals surface area contributed by atoms with E-state index in [0.717, 1.165) is 5.56 Å². The second-order valence-electron chi connectivity index (χ2n) is 6.67. The Balaban J connectivity index is 1.54. The third-order valence-electron chi connectivity index (χ3n) is 4.66. The van der Waals surface area contributed by atoms with E-state index in [0.29, 0.717) is 33.5 Å². The van der Waals surface area contributed by atoms with E-state index in [2.05, 4.69) is 15.1 Å². The molecule has 0 aliphatic rings. The Hall–Kier alpha value is -3.78. The van der Waals surface area contributed by atoms with Crippen LogP contribution in [0.3, 0.4) is 0 Å². The molecule has 31 heavy (non-hydrogen) atoms. The standard InChI is InChI=1S/C23H15FN4O2S/c24-17-11-5-7-13-19(17)28-22(29)16-10-4-6-12-18(16)25-23(28)31-14-20-26-21(30-27-20)15-8-2-1-3-9-15/h1-13H,14H2. The minimum Gasteiger partial charge on any atom is -0.334 e. The first-order chi connectivity index (χ1) is 15.2. The number of halogens is 1. The number of thioether (sulfide) groups is 1. The zero-order chi connectivity index (χ0) is 21.2. The van der Waals surface area contributed by atoms with Gasteiger partial charge in [-0.2, -0.15) is 4.98 Å². The van der Waals surface area contributed by atoms with Gasteiger partial charge in [-0.1, -0.05) is 59.4 Å². The molecule has 0 radical (unpaired) electrons. The topological polar surface area (TPSA) is 73.8 Å². The van der Waals surface area contributed by atoms with Crippen LogP contribution < -0.4 is 5.56 Å². The van der Waals surface area contributed by atoms with Crippen LogP contribution >= 0.6 is 11.8 Å². The van der Waals surface area contributed by atoms with E-state index in [1.807, 2.05) is 36.4 Å². The lowest BCUT2D eigenvalue weighted by atomic mass is 10.2. The third-order valence-corrected chi connectivity index (χ3v) is 5.59. The minimum atomic E-state index is -0.505. The Morgan fingerprint density at radius 3 is 2.48 bits per heavy atom. The van der Waals surface area contributed by atoms with Gasteiger partial charge in [-0.3, -0.25) is 9.36 Å². The summed E-state index contributed by atoms with van der Waals surface area (Å²) in [7, 11) is 0. The van der Waals surface area contributed by atoms with Crippen molar-refractivity contribution < 1.29 is 8.91 Å². The summed E-state index contributed by atoms with van der Waals surface area (Å²) in [5.74, 6) is 0.658. The predicted molar refractivity (Wildman–Crippen MR) is 117 cm³/mol. The number of rotatable bonds is 5. The fraction of sp³-hybridized carbons (Fsp3) is 0.0435. The highest BCUT2D eigenvalue weighted by Crippen LogP contribution is 2.26. The van der Waals surface area contributed by atoms with Crippen LogP contribution in [0.1, 0.15) is 5.82 Å². The first-order valence-electron chi connectivity index (χ1n) is 9.48. The molecular formula is C23H15FN4O2S. The lowest BCUT2D eigenvalue weighted by Gasteiger charge is -2.13. The summed E-state index contributed by atoms with van der Waals surface area (Å²) >= 11 is 1.24. The van der Waals surface area contributed by atoms with E-state index in [-0.39, 0.29) is 11.2 Å². The average molecular weight is 430 g/mol. The van der Waals surface area contributed by atoms with E-state index in [1.165, 1.54) is 22.4 Å². The van der Waals surface area contributed by atoms with Crippen molar-refractivity contribution in [2.45, 2.75) is 10.9 Å². The number of hydrogen-bond donors (Lipinski definition) is 0. The number of hydrogen-bond acceptors (Lipinski definition) is 6. The van der Waals surface area contributed by atoms with Crippen LogP contribution in [0.2, 0.25) is 0 Å². The Bertz CT molecular complexity index is 1430. The molecule has 6 nitrogen and oxygen atoms in total. The molecule has 0 amide bonds. The first kappa shape index (κ1) is 19.2. The van der Waals surface area contributed by atoms with Crippen LogP contribution in [0, 0.1) is 5.82 Å². The van der Waals surface area contributed by atoms with Gasteiger partial charge in [-0.15, -0.1) is 0 Å². The molecular weight excluding hydrogens is 415 g/mol. The van der Waals surface area contributed by atoms with Crippen LogP contribution in [0.15, 0.2) is 93.3 Å². The Morgan fingerprint density at radius 2 is 1.65 bits per heavy atom. The smallest absolute Gasteiger partial charge is 0.266 e. The van der Waals surface area contributed by atoms with Crippen LogP contribution in [-0.2, 0) is 5.75 Å². The molecule has 2 aromatic heterocycles. The molecule has 0 aliphatic heterocycles. The molecule has 0 saturated heterocycles. The molecule has 8 heteroatoms. The van der Waals surface area contributed by atoms with Crippen LogP contribution in [0.5, 0.6) is 0 Å². The maximum Gasteiger partial charge on any atom is 0.266 e. The molecule has 0 N–H and O–H groups in total. The Kier molecular flexibility index (Phi) is 5.05. The summed E-state index contributed by atoms with van der Waals surface area (Å²) in [6.07, 6.45) is 0. The van der Waals surface area contributed by atoms with Gasteiger partial charge in [-0.25, -0.2) is 9.37 Å². The first-order valence-corrected chi connectivity index (χ1v) is 10.5. The van der Waals surface area contributed by atoms with Crippen molar-refractivity contribution in [3.63, 3.8) is 0 Å². The summed E-state index contributed by atoms with van der Waals surface area (Å²) in [6.45, 7) is 0. The van der Waals surface area contributed by atoms with E-state index in [9.17, 15) is 9.18 Å². The molecule has 5 aromatic rings. The van der Waals surface area contributed by atoms with E-state index < -0.39 is 5.82 Å². The maximum absolute atomic E-state index is 14.6. The molecule has 0 fully saturated rings. The minimum absolute atomic E-state index is 0.145. The SMILES string of the molecule is O=c1c2ccccc2nc(SCc2noc(-c3ccccc3)n2)n1-c1ccccc1F. The predicted octanol–water partition coefficient (Wildman–Crippen LogP) is 4.87. The highest BCUT2D eigenvalue weighted by atomic mass is 32.2. The molecule has 0 atom stereocenters. The van der Waals surface area contributed by atoms with Crippen LogP contribution in [0.25, 0.3) is 28.0 Å². The molecule has 0 saturated carbocycles. The number of fused-ring (bicyclic) bond motifs is 1. The van der Waals surface area contributed by atoms with Gasteiger partial charge < -0.3 is 4.52 Å². The largest absolute Gasteiger partial charge is 0.334 e. The van der Waals surface area contributed by atoms with Crippen molar-refractivity contribution in [2.75, 3.05) is 0 Å². The number of aromatic nitrogens is 4. The summed E-state index contributed by atoms with van der Waals surface area (Å²) in [6, 6.07) is 22.6. The Morgan fingerprint density at radius 1 is 0.903 bits per heavy atom. The number of para-hydroxylation sites is 2. The molecule has 3 aromatic carbocycles. The number of nitrogens with zero attached hydrogens (tertiary/aromatic N) is 4. The molecule has 0 bridgehead atoms. The Labute approximate surface area is 180 Å². The summed E-state index contributed by atoms with van der Waals surface area (Å²) in [5.41, 5.74) is 1.17. The second-order valence-corrected chi connectivity index (χ2v) is 7.62. The molecule has 152 valence electrons. The van der Waals surface area contributed by atoms with Crippen molar-refractivity contribution in [3.8, 4) is 17.1 Å². The fourth-order valence-electron chi connectivity index (χ4n) is 3.19. The van der Waals surface area contributed by atoms with Crippen LogP contribution in [0.4, 0.5) is 4.39 Å². The van der Waals surface area contributed by atoms with Gasteiger partial charge in [0.1, 0.15) is 5.82 Å². The number of benzene rings is 3. The van der Waals surface area contributed by atoms with E-state index >= 15 is 0 Å². The molecule has 5 rings (SSSR count). The molecule has 0 aliphatic carbocycles. The molecule has 0 spiro atoms. The fourth-order valence-corrected chi connectivity index (χ4v) is 4.04. The van der Waals surface area contributed by atoms with Gasteiger partial charge in [-0.05, 0) is 36.4 Å². The van der Waals surface area contributed by atoms with Crippen molar-refractivity contribution >= 4 is 22.7 Å². The van der Waals surface area contributed by atoms with E-state index in [1.54, 1.807) is 36.4 Å². The summed E-state index contributed by atoms with van der Waals surface area (Å²) < 4.78 is 21.2. The zero-order valence-electron chi connectivity index (χ0n) is 16.1. The van der Waals surface area contributed by atoms with Crippen molar-refractivity contribution in [2.24, 2.45) is 0 Å². The lowest BCUT2D eigenvalue weighted by molar-refractivity contribution is 0.425. The van der Waals surface area contributed by atoms with Gasteiger partial charge in [0, 0.05) is 5.56 Å². The van der Waals surface area contributed by atoms with Crippen molar-refractivity contribution in [1.29, 1.82) is 0 Å². The monoisotopic (exact) mass is 430 g/mol. The average Bonchev–Trinajstić information content (AvgIpc) is 3.28. The highest BCUT2D eigenvalue weighted by molar-refractivity contribution is 7.98. The van der Waals surface area contributed by atoms with Gasteiger partial charge in [0.25, 0.3) is 11.4 Å². The van der Waals surface area contributed by atoms with Crippen molar-refractivity contribution in [1.82, 2.24) is 19.7 Å². The van der Waals surface area contributed by atoms with Gasteiger partial charge in [0.05, 0.1) is 22.3 Å². The zero-order valence-corrected chi connectivity index (χ0v) is 16.9. The maximum atomic E-state index is 14.6. The summed E-state index contributed by atoms with van der Waals surface area (Å²) in [4.78, 5) is 22.2. The third kappa shape index (κ3) is 3.73. The quantitative estimate of drug-likeness (QED) is 0.293. The van der Waals surface area contributed by atoms with Gasteiger partial charge >= 0.3 is 0 Å². The van der Waals surface area contributed by atoms with Crippen molar-refractivity contribution in [3.05, 3.63) is 101 Å². The lowest BCUT2D eigenvalue weighted by Crippen LogP contribution is -2.22. The normalized spacial score (nSPS) is 11.1. The highest BCUT2D eigenvalue weighted by Gasteiger charge is 2.17.